The maximum Gasteiger partial charge on any atom is 0.105 e. The Morgan fingerprint density at radius 3 is 2.71 bits per heavy atom. The van der Waals surface area contributed by atoms with E-state index in [1.807, 2.05) is 19.3 Å². The van der Waals surface area contributed by atoms with E-state index in [0.717, 1.165) is 12.4 Å². The fourth-order valence-corrected chi connectivity index (χ4v) is 2.60. The van der Waals surface area contributed by atoms with Gasteiger partial charge in [-0.25, -0.2) is 4.98 Å². The standard InChI is InChI=1S/C13H23N3O/c1-10(2)15-13(9-17,12-4-5-12)8-16-7-6-14-11(16)3/h6-7,10,12,15,17H,4-5,8-9H2,1-3H3. The maximum atomic E-state index is 9.83. The summed E-state index contributed by atoms with van der Waals surface area (Å²) in [6.45, 7) is 7.26. The third-order valence-electron chi connectivity index (χ3n) is 3.59. The number of aryl methyl sites for hydroxylation is 1. The van der Waals surface area contributed by atoms with E-state index in [0.29, 0.717) is 12.0 Å². The molecule has 1 heterocycles. The fourth-order valence-electron chi connectivity index (χ4n) is 2.60. The van der Waals surface area contributed by atoms with Crippen molar-refractivity contribution < 1.29 is 5.11 Å². The molecule has 1 unspecified atom stereocenters. The number of hydrogen-bond donors (Lipinski definition) is 2. The van der Waals surface area contributed by atoms with Crippen LogP contribution in [0.3, 0.4) is 0 Å². The first kappa shape index (κ1) is 12.6. The van der Waals surface area contributed by atoms with E-state index in [1.165, 1.54) is 12.8 Å². The first-order valence-electron chi connectivity index (χ1n) is 6.44. The van der Waals surface area contributed by atoms with Gasteiger partial charge in [-0.2, -0.15) is 0 Å². The van der Waals surface area contributed by atoms with Gasteiger partial charge in [-0.05, 0) is 25.7 Å². The number of aromatic nitrogens is 2. The van der Waals surface area contributed by atoms with E-state index in [9.17, 15) is 5.11 Å². The molecule has 0 saturated heterocycles. The zero-order valence-corrected chi connectivity index (χ0v) is 11.0. The lowest BCUT2D eigenvalue weighted by atomic mass is 9.92. The van der Waals surface area contributed by atoms with Crippen LogP contribution in [-0.4, -0.2) is 32.8 Å². The Labute approximate surface area is 103 Å². The Balaban J connectivity index is 2.17. The summed E-state index contributed by atoms with van der Waals surface area (Å²) >= 11 is 0. The molecule has 2 N–H and O–H groups in total. The second-order valence-electron chi connectivity index (χ2n) is 5.49. The molecule has 0 aliphatic heterocycles. The molecule has 1 atom stereocenters. The van der Waals surface area contributed by atoms with E-state index >= 15 is 0 Å². The van der Waals surface area contributed by atoms with Crippen LogP contribution in [0.2, 0.25) is 0 Å². The highest BCUT2D eigenvalue weighted by molar-refractivity contribution is 5.04. The highest BCUT2D eigenvalue weighted by Gasteiger charge is 2.45. The van der Waals surface area contributed by atoms with E-state index in [-0.39, 0.29) is 12.1 Å². The van der Waals surface area contributed by atoms with Gasteiger partial charge in [0.1, 0.15) is 5.82 Å². The molecule has 1 fully saturated rings. The van der Waals surface area contributed by atoms with Gasteiger partial charge in [0, 0.05) is 25.0 Å². The van der Waals surface area contributed by atoms with Crippen molar-refractivity contribution in [1.82, 2.24) is 14.9 Å². The molecule has 4 nitrogen and oxygen atoms in total. The first-order chi connectivity index (χ1) is 8.07. The van der Waals surface area contributed by atoms with E-state index in [2.05, 4.69) is 28.7 Å². The molecule has 17 heavy (non-hydrogen) atoms. The summed E-state index contributed by atoms with van der Waals surface area (Å²) in [4.78, 5) is 4.25. The molecule has 0 amide bonds. The summed E-state index contributed by atoms with van der Waals surface area (Å²) in [6, 6.07) is 0.381. The summed E-state index contributed by atoms with van der Waals surface area (Å²) in [6.07, 6.45) is 6.24. The van der Waals surface area contributed by atoms with Crippen molar-refractivity contribution in [1.29, 1.82) is 0 Å². The quantitative estimate of drug-likeness (QED) is 0.785. The minimum Gasteiger partial charge on any atom is -0.394 e. The van der Waals surface area contributed by atoms with Gasteiger partial charge >= 0.3 is 0 Å². The molecule has 0 radical (unpaired) electrons. The van der Waals surface area contributed by atoms with Crippen LogP contribution in [0, 0.1) is 12.8 Å². The van der Waals surface area contributed by atoms with Gasteiger partial charge in [0.05, 0.1) is 12.1 Å². The largest absolute Gasteiger partial charge is 0.394 e. The van der Waals surface area contributed by atoms with E-state index in [1.54, 1.807) is 0 Å². The van der Waals surface area contributed by atoms with E-state index in [4.69, 9.17) is 0 Å². The third kappa shape index (κ3) is 2.69. The topological polar surface area (TPSA) is 50.1 Å². The molecular formula is C13H23N3O. The van der Waals surface area contributed by atoms with Gasteiger partial charge in [0.15, 0.2) is 0 Å². The van der Waals surface area contributed by atoms with Crippen molar-refractivity contribution in [3.8, 4) is 0 Å². The van der Waals surface area contributed by atoms with Crippen LogP contribution < -0.4 is 5.32 Å². The maximum absolute atomic E-state index is 9.83. The second-order valence-corrected chi connectivity index (χ2v) is 5.49. The number of hydrogen-bond acceptors (Lipinski definition) is 3. The Hall–Kier alpha value is -0.870. The number of aliphatic hydroxyl groups is 1. The van der Waals surface area contributed by atoms with Crippen molar-refractivity contribution in [3.63, 3.8) is 0 Å². The van der Waals surface area contributed by atoms with Crippen molar-refractivity contribution >= 4 is 0 Å². The lowest BCUT2D eigenvalue weighted by Crippen LogP contribution is -2.56. The Morgan fingerprint density at radius 2 is 2.29 bits per heavy atom. The summed E-state index contributed by atoms with van der Waals surface area (Å²) in [5, 5.41) is 13.4. The van der Waals surface area contributed by atoms with Gasteiger partial charge in [-0.3, -0.25) is 0 Å². The van der Waals surface area contributed by atoms with Crippen LogP contribution in [0.5, 0.6) is 0 Å². The molecule has 0 aromatic carbocycles. The normalized spacial score (nSPS) is 19.6. The fraction of sp³-hybridized carbons (Fsp3) is 0.769. The molecule has 1 aliphatic carbocycles. The Kier molecular flexibility index (Phi) is 3.54. The molecule has 1 saturated carbocycles. The molecule has 0 spiro atoms. The first-order valence-corrected chi connectivity index (χ1v) is 6.44. The summed E-state index contributed by atoms with van der Waals surface area (Å²) in [5.41, 5.74) is -0.181. The minimum atomic E-state index is -0.181. The second kappa shape index (κ2) is 4.78. The zero-order chi connectivity index (χ0) is 12.5. The average Bonchev–Trinajstić information content (AvgIpc) is 3.04. The highest BCUT2D eigenvalue weighted by Crippen LogP contribution is 2.41. The Morgan fingerprint density at radius 1 is 1.59 bits per heavy atom. The third-order valence-corrected chi connectivity index (χ3v) is 3.59. The zero-order valence-electron chi connectivity index (χ0n) is 11.0. The minimum absolute atomic E-state index is 0.181. The van der Waals surface area contributed by atoms with Crippen molar-refractivity contribution in [3.05, 3.63) is 18.2 Å². The monoisotopic (exact) mass is 237 g/mol. The van der Waals surface area contributed by atoms with Gasteiger partial charge in [-0.1, -0.05) is 13.8 Å². The predicted molar refractivity (Wildman–Crippen MR) is 67.8 cm³/mol. The molecule has 1 aromatic rings. The van der Waals surface area contributed by atoms with Crippen LogP contribution >= 0.6 is 0 Å². The van der Waals surface area contributed by atoms with Crippen LogP contribution in [-0.2, 0) is 6.54 Å². The summed E-state index contributed by atoms with van der Waals surface area (Å²) in [5.74, 6) is 1.60. The highest BCUT2D eigenvalue weighted by atomic mass is 16.3. The SMILES string of the molecule is Cc1nccn1CC(CO)(NC(C)C)C1CC1. The number of nitrogens with zero attached hydrogens (tertiary/aromatic N) is 2. The van der Waals surface area contributed by atoms with Gasteiger partial charge in [0.2, 0.25) is 0 Å². The number of rotatable bonds is 6. The van der Waals surface area contributed by atoms with Gasteiger partial charge in [-0.15, -0.1) is 0 Å². The van der Waals surface area contributed by atoms with Crippen molar-refractivity contribution in [2.75, 3.05) is 6.61 Å². The van der Waals surface area contributed by atoms with Crippen LogP contribution in [0.15, 0.2) is 12.4 Å². The van der Waals surface area contributed by atoms with Gasteiger partial charge in [0.25, 0.3) is 0 Å². The average molecular weight is 237 g/mol. The number of imidazole rings is 1. The number of aliphatic hydroxyl groups excluding tert-OH is 1. The lowest BCUT2D eigenvalue weighted by Gasteiger charge is -2.36. The summed E-state index contributed by atoms with van der Waals surface area (Å²) in [7, 11) is 0. The van der Waals surface area contributed by atoms with Crippen LogP contribution in [0.4, 0.5) is 0 Å². The van der Waals surface area contributed by atoms with E-state index < -0.39 is 0 Å². The lowest BCUT2D eigenvalue weighted by molar-refractivity contribution is 0.113. The molecular weight excluding hydrogens is 214 g/mol. The molecule has 1 aliphatic rings. The smallest absolute Gasteiger partial charge is 0.105 e. The molecule has 1 aromatic heterocycles. The van der Waals surface area contributed by atoms with Crippen LogP contribution in [0.25, 0.3) is 0 Å². The predicted octanol–water partition coefficient (Wildman–Crippen LogP) is 1.33. The molecule has 0 bridgehead atoms. The summed E-state index contributed by atoms with van der Waals surface area (Å²) < 4.78 is 2.13. The van der Waals surface area contributed by atoms with Crippen molar-refractivity contribution in [2.24, 2.45) is 5.92 Å². The number of nitrogens with one attached hydrogen (secondary N) is 1. The molecule has 96 valence electrons. The van der Waals surface area contributed by atoms with Crippen molar-refractivity contribution in [2.45, 2.75) is 51.7 Å². The Bertz CT molecular complexity index is 370. The molecule has 2 rings (SSSR count). The van der Waals surface area contributed by atoms with Crippen LogP contribution in [0.1, 0.15) is 32.5 Å². The van der Waals surface area contributed by atoms with Gasteiger partial charge < -0.3 is 15.0 Å². The molecule has 4 heteroatoms.